The first-order chi connectivity index (χ1) is 11.2. The van der Waals surface area contributed by atoms with E-state index in [4.69, 9.17) is 0 Å². The van der Waals surface area contributed by atoms with Crippen molar-refractivity contribution < 1.29 is 9.18 Å². The Balaban J connectivity index is 1.60. The van der Waals surface area contributed by atoms with Gasteiger partial charge in [0.15, 0.2) is 0 Å². The molecule has 0 aromatic heterocycles. The summed E-state index contributed by atoms with van der Waals surface area (Å²) in [6.45, 7) is 5.22. The summed E-state index contributed by atoms with van der Waals surface area (Å²) in [5.41, 5.74) is 0.613. The standard InChI is InChI=1S/C19H29FN2O/c1-2-17-9-5-6-14-22(17)15-7-13-21-19(23)12-11-16-8-3-4-10-18(16)20/h3-4,8,10,17H,2,5-7,9,11-15H2,1H3,(H,21,23)/t17-/m0/s1. The number of likely N-dealkylation sites (tertiary alicyclic amines) is 1. The van der Waals surface area contributed by atoms with Crippen LogP contribution in [-0.2, 0) is 11.2 Å². The Hall–Kier alpha value is -1.42. The summed E-state index contributed by atoms with van der Waals surface area (Å²) in [4.78, 5) is 14.4. The molecule has 1 atom stereocenters. The van der Waals surface area contributed by atoms with Crippen LogP contribution in [0.2, 0.25) is 0 Å². The summed E-state index contributed by atoms with van der Waals surface area (Å²) in [5.74, 6) is -0.213. The molecule has 0 saturated carbocycles. The third-order valence-corrected chi connectivity index (χ3v) is 4.74. The van der Waals surface area contributed by atoms with Crippen molar-refractivity contribution in [1.82, 2.24) is 10.2 Å². The molecule has 23 heavy (non-hydrogen) atoms. The molecule has 1 heterocycles. The normalized spacial score (nSPS) is 18.8. The molecule has 128 valence electrons. The lowest BCUT2D eigenvalue weighted by Crippen LogP contribution is -2.40. The molecule has 1 aliphatic rings. The molecule has 3 nitrogen and oxygen atoms in total. The highest BCUT2D eigenvalue weighted by atomic mass is 19.1. The van der Waals surface area contributed by atoms with Crippen molar-refractivity contribution in [3.63, 3.8) is 0 Å². The van der Waals surface area contributed by atoms with Crippen molar-refractivity contribution in [3.05, 3.63) is 35.6 Å². The highest BCUT2D eigenvalue weighted by Crippen LogP contribution is 2.19. The van der Waals surface area contributed by atoms with Crippen LogP contribution in [0.3, 0.4) is 0 Å². The topological polar surface area (TPSA) is 32.3 Å². The number of amides is 1. The number of piperidine rings is 1. The first-order valence-electron chi connectivity index (χ1n) is 8.95. The minimum atomic E-state index is -0.226. The van der Waals surface area contributed by atoms with Gasteiger partial charge in [-0.15, -0.1) is 0 Å². The first-order valence-corrected chi connectivity index (χ1v) is 8.95. The van der Waals surface area contributed by atoms with Crippen molar-refractivity contribution in [1.29, 1.82) is 0 Å². The van der Waals surface area contributed by atoms with Crippen molar-refractivity contribution in [3.8, 4) is 0 Å². The zero-order valence-electron chi connectivity index (χ0n) is 14.2. The number of nitrogens with zero attached hydrogens (tertiary/aromatic N) is 1. The molecule has 1 saturated heterocycles. The number of carbonyl (C=O) groups is 1. The van der Waals surface area contributed by atoms with E-state index in [1.807, 2.05) is 0 Å². The third kappa shape index (κ3) is 5.94. The molecule has 2 rings (SSSR count). The van der Waals surface area contributed by atoms with E-state index in [-0.39, 0.29) is 11.7 Å². The summed E-state index contributed by atoms with van der Waals surface area (Å²) >= 11 is 0. The van der Waals surface area contributed by atoms with Gasteiger partial charge in [0.05, 0.1) is 0 Å². The summed E-state index contributed by atoms with van der Waals surface area (Å²) in [5, 5.41) is 2.96. The van der Waals surface area contributed by atoms with Gasteiger partial charge in [0, 0.05) is 25.6 Å². The fourth-order valence-electron chi connectivity index (χ4n) is 3.36. The van der Waals surface area contributed by atoms with Crippen molar-refractivity contribution >= 4 is 5.91 Å². The van der Waals surface area contributed by atoms with Crippen LogP contribution < -0.4 is 5.32 Å². The van der Waals surface area contributed by atoms with Crippen LogP contribution in [-0.4, -0.2) is 36.5 Å². The number of aryl methyl sites for hydroxylation is 1. The Morgan fingerprint density at radius 3 is 2.96 bits per heavy atom. The van der Waals surface area contributed by atoms with E-state index in [2.05, 4.69) is 17.1 Å². The van der Waals surface area contributed by atoms with Crippen LogP contribution in [0.1, 0.15) is 51.0 Å². The Morgan fingerprint density at radius 2 is 2.17 bits per heavy atom. The molecule has 0 radical (unpaired) electrons. The summed E-state index contributed by atoms with van der Waals surface area (Å²) in [6.07, 6.45) is 6.97. The quantitative estimate of drug-likeness (QED) is 0.743. The van der Waals surface area contributed by atoms with Gasteiger partial charge in [-0.1, -0.05) is 31.5 Å². The minimum Gasteiger partial charge on any atom is -0.356 e. The maximum Gasteiger partial charge on any atom is 0.220 e. The third-order valence-electron chi connectivity index (χ3n) is 4.74. The Bertz CT molecular complexity index is 492. The van der Waals surface area contributed by atoms with Crippen LogP contribution in [0.4, 0.5) is 4.39 Å². The lowest BCUT2D eigenvalue weighted by atomic mass is 10.00. The maximum absolute atomic E-state index is 13.5. The number of hydrogen-bond acceptors (Lipinski definition) is 2. The Kier molecular flexibility index (Phi) is 7.53. The number of carbonyl (C=O) groups excluding carboxylic acids is 1. The average molecular weight is 320 g/mol. The average Bonchev–Trinajstić information content (AvgIpc) is 2.58. The molecule has 1 fully saturated rings. The predicted molar refractivity (Wildman–Crippen MR) is 91.9 cm³/mol. The second-order valence-corrected chi connectivity index (χ2v) is 6.39. The van der Waals surface area contributed by atoms with Crippen LogP contribution in [0.15, 0.2) is 24.3 Å². The van der Waals surface area contributed by atoms with Crippen LogP contribution in [0, 0.1) is 5.82 Å². The summed E-state index contributed by atoms with van der Waals surface area (Å²) < 4.78 is 13.5. The summed E-state index contributed by atoms with van der Waals surface area (Å²) in [6, 6.07) is 7.38. The fraction of sp³-hybridized carbons (Fsp3) is 0.632. The predicted octanol–water partition coefficient (Wildman–Crippen LogP) is 3.53. The Labute approximate surface area is 139 Å². The molecule has 0 bridgehead atoms. The van der Waals surface area contributed by atoms with E-state index in [0.717, 1.165) is 19.0 Å². The molecule has 4 heteroatoms. The zero-order chi connectivity index (χ0) is 16.5. The van der Waals surface area contributed by atoms with Gasteiger partial charge in [-0.05, 0) is 50.3 Å². The van der Waals surface area contributed by atoms with E-state index >= 15 is 0 Å². The van der Waals surface area contributed by atoms with Gasteiger partial charge < -0.3 is 10.2 Å². The first kappa shape index (κ1) is 17.9. The maximum atomic E-state index is 13.5. The van der Waals surface area contributed by atoms with Crippen LogP contribution >= 0.6 is 0 Å². The molecule has 0 aliphatic carbocycles. The van der Waals surface area contributed by atoms with Crippen molar-refractivity contribution in [2.75, 3.05) is 19.6 Å². The van der Waals surface area contributed by atoms with Gasteiger partial charge in [-0.25, -0.2) is 4.39 Å². The largest absolute Gasteiger partial charge is 0.356 e. The highest BCUT2D eigenvalue weighted by molar-refractivity contribution is 5.76. The lowest BCUT2D eigenvalue weighted by Gasteiger charge is -2.35. The highest BCUT2D eigenvalue weighted by Gasteiger charge is 2.19. The van der Waals surface area contributed by atoms with E-state index < -0.39 is 0 Å². The number of rotatable bonds is 8. The SMILES string of the molecule is CC[C@H]1CCCCN1CCCNC(=O)CCc1ccccc1F. The second-order valence-electron chi connectivity index (χ2n) is 6.39. The molecule has 1 aromatic carbocycles. The van der Waals surface area contributed by atoms with Gasteiger partial charge >= 0.3 is 0 Å². The van der Waals surface area contributed by atoms with Crippen molar-refractivity contribution in [2.24, 2.45) is 0 Å². The van der Waals surface area contributed by atoms with Crippen molar-refractivity contribution in [2.45, 2.75) is 57.9 Å². The fourth-order valence-corrected chi connectivity index (χ4v) is 3.36. The van der Waals surface area contributed by atoms with E-state index in [1.54, 1.807) is 18.2 Å². The number of halogens is 1. The van der Waals surface area contributed by atoms with Crippen LogP contribution in [0.25, 0.3) is 0 Å². The number of nitrogens with one attached hydrogen (secondary N) is 1. The number of benzene rings is 1. The molecular weight excluding hydrogens is 291 g/mol. The van der Waals surface area contributed by atoms with Gasteiger partial charge in [0.1, 0.15) is 5.82 Å². The minimum absolute atomic E-state index is 0.0129. The van der Waals surface area contributed by atoms with Gasteiger partial charge in [-0.3, -0.25) is 4.79 Å². The zero-order valence-corrected chi connectivity index (χ0v) is 14.2. The lowest BCUT2D eigenvalue weighted by molar-refractivity contribution is -0.121. The van der Waals surface area contributed by atoms with Gasteiger partial charge in [0.2, 0.25) is 5.91 Å². The Morgan fingerprint density at radius 1 is 1.35 bits per heavy atom. The monoisotopic (exact) mass is 320 g/mol. The molecule has 1 amide bonds. The van der Waals surface area contributed by atoms with Gasteiger partial charge in [-0.2, -0.15) is 0 Å². The van der Waals surface area contributed by atoms with E-state index in [1.165, 1.54) is 38.3 Å². The molecule has 1 N–H and O–H groups in total. The van der Waals surface area contributed by atoms with Crippen LogP contribution in [0.5, 0.6) is 0 Å². The molecular formula is C19H29FN2O. The molecule has 0 unspecified atom stereocenters. The number of hydrogen-bond donors (Lipinski definition) is 1. The molecule has 0 spiro atoms. The smallest absolute Gasteiger partial charge is 0.220 e. The van der Waals surface area contributed by atoms with E-state index in [0.29, 0.717) is 24.9 Å². The molecule has 1 aliphatic heterocycles. The second kappa shape index (κ2) is 9.66. The summed E-state index contributed by atoms with van der Waals surface area (Å²) in [7, 11) is 0. The van der Waals surface area contributed by atoms with E-state index in [9.17, 15) is 9.18 Å². The molecule has 1 aromatic rings. The van der Waals surface area contributed by atoms with Gasteiger partial charge in [0.25, 0.3) is 0 Å².